The molecule has 0 bridgehead atoms. The first-order valence-corrected chi connectivity index (χ1v) is 11.7. The Bertz CT molecular complexity index is 504. The molecule has 0 fully saturated rings. The standard InChI is InChI=1S/C18H28O2Si/c1-5-20-18(19)15-9-6-7-11-16-14(13-15)10-8-12-17(16)21(2,3)4/h9,12H,5-8,10-11,13H2,1-4H3/b15-9+. The maximum Gasteiger partial charge on any atom is 0.333 e. The van der Waals surface area contributed by atoms with Crippen LogP contribution in [0.5, 0.6) is 0 Å². The van der Waals surface area contributed by atoms with E-state index in [2.05, 4.69) is 31.8 Å². The van der Waals surface area contributed by atoms with Gasteiger partial charge in [0.25, 0.3) is 0 Å². The second-order valence-electron chi connectivity index (χ2n) is 7.01. The third-order valence-electron chi connectivity index (χ3n) is 4.32. The van der Waals surface area contributed by atoms with Crippen LogP contribution in [0.15, 0.2) is 34.1 Å². The van der Waals surface area contributed by atoms with Crippen molar-refractivity contribution in [3.05, 3.63) is 34.1 Å². The fourth-order valence-corrected chi connectivity index (χ4v) is 5.32. The molecule has 0 aliphatic heterocycles. The summed E-state index contributed by atoms with van der Waals surface area (Å²) < 4.78 is 5.22. The Morgan fingerprint density at radius 2 is 1.95 bits per heavy atom. The van der Waals surface area contributed by atoms with Crippen LogP contribution in [0.2, 0.25) is 19.6 Å². The lowest BCUT2D eigenvalue weighted by atomic mass is 9.87. The summed E-state index contributed by atoms with van der Waals surface area (Å²) in [6.45, 7) is 9.61. The normalized spacial score (nSPS) is 22.5. The monoisotopic (exact) mass is 304 g/mol. The van der Waals surface area contributed by atoms with Crippen LogP contribution in [0.1, 0.15) is 45.4 Å². The topological polar surface area (TPSA) is 26.3 Å². The molecule has 0 spiro atoms. The maximum absolute atomic E-state index is 12.1. The van der Waals surface area contributed by atoms with E-state index in [1.54, 1.807) is 10.8 Å². The Hall–Kier alpha value is -1.09. The number of allylic oxidation sites excluding steroid dienone is 5. The second kappa shape index (κ2) is 6.78. The zero-order valence-electron chi connectivity index (χ0n) is 13.9. The van der Waals surface area contributed by atoms with Gasteiger partial charge in [-0.15, -0.1) is 0 Å². The number of rotatable bonds is 3. The van der Waals surface area contributed by atoms with Gasteiger partial charge in [0.15, 0.2) is 0 Å². The smallest absolute Gasteiger partial charge is 0.333 e. The Morgan fingerprint density at radius 1 is 1.19 bits per heavy atom. The summed E-state index contributed by atoms with van der Waals surface area (Å²) >= 11 is 0. The van der Waals surface area contributed by atoms with Crippen LogP contribution < -0.4 is 0 Å². The molecule has 0 N–H and O–H groups in total. The molecule has 0 radical (unpaired) electrons. The fraction of sp³-hybridized carbons (Fsp3) is 0.611. The average Bonchev–Trinajstić information content (AvgIpc) is 2.38. The molecule has 21 heavy (non-hydrogen) atoms. The number of hydrogen-bond acceptors (Lipinski definition) is 2. The zero-order chi connectivity index (χ0) is 15.5. The van der Waals surface area contributed by atoms with E-state index < -0.39 is 8.07 Å². The van der Waals surface area contributed by atoms with Crippen LogP contribution >= 0.6 is 0 Å². The van der Waals surface area contributed by atoms with E-state index in [0.29, 0.717) is 6.61 Å². The van der Waals surface area contributed by atoms with Gasteiger partial charge in [-0.3, -0.25) is 0 Å². The summed E-state index contributed by atoms with van der Waals surface area (Å²) in [5, 5.41) is 1.63. The van der Waals surface area contributed by atoms with E-state index in [1.807, 2.05) is 6.92 Å². The summed E-state index contributed by atoms with van der Waals surface area (Å²) in [7, 11) is -1.30. The lowest BCUT2D eigenvalue weighted by Gasteiger charge is -2.31. The Labute approximate surface area is 130 Å². The van der Waals surface area contributed by atoms with E-state index in [9.17, 15) is 4.79 Å². The predicted octanol–water partition coefficient (Wildman–Crippen LogP) is 4.94. The molecule has 0 atom stereocenters. The van der Waals surface area contributed by atoms with Crippen molar-refractivity contribution in [1.29, 1.82) is 0 Å². The summed E-state index contributed by atoms with van der Waals surface area (Å²) in [6, 6.07) is 0. The summed E-state index contributed by atoms with van der Waals surface area (Å²) in [5.74, 6) is -0.115. The van der Waals surface area contributed by atoms with Crippen LogP contribution in [0.4, 0.5) is 0 Å². The number of hydrogen-bond donors (Lipinski definition) is 0. The van der Waals surface area contributed by atoms with Crippen molar-refractivity contribution >= 4 is 14.0 Å². The minimum Gasteiger partial charge on any atom is -0.463 e. The molecule has 0 heterocycles. The molecule has 0 saturated carbocycles. The number of esters is 1. The molecule has 2 nitrogen and oxygen atoms in total. The van der Waals surface area contributed by atoms with Crippen molar-refractivity contribution < 1.29 is 9.53 Å². The number of carbonyl (C=O) groups is 1. The highest BCUT2D eigenvalue weighted by molar-refractivity contribution is 6.84. The van der Waals surface area contributed by atoms with Gasteiger partial charge in [0.2, 0.25) is 0 Å². The minimum atomic E-state index is -1.30. The molecule has 116 valence electrons. The van der Waals surface area contributed by atoms with Gasteiger partial charge >= 0.3 is 5.97 Å². The first-order valence-electron chi connectivity index (χ1n) is 8.21. The summed E-state index contributed by atoms with van der Waals surface area (Å²) in [5.41, 5.74) is 3.95. The molecular weight excluding hydrogens is 276 g/mol. The molecule has 0 unspecified atom stereocenters. The van der Waals surface area contributed by atoms with Crippen molar-refractivity contribution in [2.24, 2.45) is 0 Å². The zero-order valence-corrected chi connectivity index (χ0v) is 14.9. The highest BCUT2D eigenvalue weighted by Gasteiger charge is 2.28. The van der Waals surface area contributed by atoms with Gasteiger partial charge in [-0.25, -0.2) is 4.79 Å². The van der Waals surface area contributed by atoms with E-state index in [1.165, 1.54) is 12.0 Å². The predicted molar refractivity (Wildman–Crippen MR) is 90.9 cm³/mol. The van der Waals surface area contributed by atoms with Gasteiger partial charge < -0.3 is 4.74 Å². The first kappa shape index (κ1) is 16.3. The third-order valence-corrected chi connectivity index (χ3v) is 6.44. The van der Waals surface area contributed by atoms with Crippen LogP contribution in [-0.2, 0) is 9.53 Å². The van der Waals surface area contributed by atoms with Crippen LogP contribution in [0.3, 0.4) is 0 Å². The second-order valence-corrected chi connectivity index (χ2v) is 12.0. The lowest BCUT2D eigenvalue weighted by molar-refractivity contribution is -0.138. The number of ether oxygens (including phenoxy) is 1. The Morgan fingerprint density at radius 3 is 2.62 bits per heavy atom. The lowest BCUT2D eigenvalue weighted by Crippen LogP contribution is -2.28. The van der Waals surface area contributed by atoms with Crippen LogP contribution in [-0.4, -0.2) is 20.7 Å². The van der Waals surface area contributed by atoms with Crippen LogP contribution in [0, 0.1) is 0 Å². The van der Waals surface area contributed by atoms with E-state index in [4.69, 9.17) is 4.74 Å². The number of carbonyl (C=O) groups excluding carboxylic acids is 1. The fourth-order valence-electron chi connectivity index (χ4n) is 3.36. The highest BCUT2D eigenvalue weighted by atomic mass is 28.3. The SMILES string of the molecule is CCOC(=O)/C1=C/CCCC2=C(CCC=C2[Si](C)(C)C)C1. The van der Waals surface area contributed by atoms with E-state index in [0.717, 1.165) is 37.7 Å². The van der Waals surface area contributed by atoms with Crippen molar-refractivity contribution in [3.63, 3.8) is 0 Å². The first-order chi connectivity index (χ1) is 9.93. The molecular formula is C18H28O2Si. The molecule has 3 heteroatoms. The third kappa shape index (κ3) is 3.97. The van der Waals surface area contributed by atoms with E-state index in [-0.39, 0.29) is 5.97 Å². The van der Waals surface area contributed by atoms with Crippen molar-refractivity contribution in [3.8, 4) is 0 Å². The Kier molecular flexibility index (Phi) is 5.25. The molecule has 0 aromatic rings. The Balaban J connectivity index is 2.30. The van der Waals surface area contributed by atoms with Gasteiger partial charge in [-0.05, 0) is 44.6 Å². The van der Waals surface area contributed by atoms with Crippen molar-refractivity contribution in [1.82, 2.24) is 0 Å². The van der Waals surface area contributed by atoms with Crippen LogP contribution in [0.25, 0.3) is 0 Å². The summed E-state index contributed by atoms with van der Waals surface area (Å²) in [4.78, 5) is 12.1. The molecule has 0 amide bonds. The highest BCUT2D eigenvalue weighted by Crippen LogP contribution is 2.38. The maximum atomic E-state index is 12.1. The summed E-state index contributed by atoms with van der Waals surface area (Å²) in [6.07, 6.45) is 10.9. The van der Waals surface area contributed by atoms with Gasteiger partial charge in [-0.1, -0.05) is 42.6 Å². The molecule has 0 saturated heterocycles. The molecule has 0 aromatic heterocycles. The van der Waals surface area contributed by atoms with Gasteiger partial charge in [0.05, 0.1) is 14.7 Å². The average molecular weight is 305 g/mol. The van der Waals surface area contributed by atoms with Gasteiger partial charge in [0.1, 0.15) is 0 Å². The quantitative estimate of drug-likeness (QED) is 0.545. The van der Waals surface area contributed by atoms with Gasteiger partial charge in [-0.2, -0.15) is 0 Å². The minimum absolute atomic E-state index is 0.115. The molecule has 2 aliphatic rings. The molecule has 2 aliphatic carbocycles. The largest absolute Gasteiger partial charge is 0.463 e. The van der Waals surface area contributed by atoms with Gasteiger partial charge in [0, 0.05) is 12.0 Å². The molecule has 2 rings (SSSR count). The van der Waals surface area contributed by atoms with E-state index >= 15 is 0 Å². The van der Waals surface area contributed by atoms with Crippen molar-refractivity contribution in [2.75, 3.05) is 6.61 Å². The van der Waals surface area contributed by atoms with Crippen molar-refractivity contribution in [2.45, 2.75) is 65.1 Å². The molecule has 0 aromatic carbocycles.